The molecule has 2 aromatic carbocycles. The van der Waals surface area contributed by atoms with Crippen molar-refractivity contribution in [2.24, 2.45) is 0 Å². The van der Waals surface area contributed by atoms with Gasteiger partial charge in [0.15, 0.2) is 0 Å². The summed E-state index contributed by atoms with van der Waals surface area (Å²) in [5.74, 6) is 0. The fraction of sp³-hybridized carbons (Fsp3) is 0.188. The number of aromatic nitrogens is 2. The monoisotopic (exact) mass is 281 g/mol. The molecule has 5 heteroatoms. The Labute approximate surface area is 122 Å². The second-order valence-corrected chi connectivity index (χ2v) is 5.07. The van der Waals surface area contributed by atoms with Crippen LogP contribution in [0.25, 0.3) is 10.8 Å². The Bertz CT molecular complexity index is 831. The molecule has 0 saturated heterocycles. The van der Waals surface area contributed by atoms with Gasteiger partial charge in [-0.3, -0.25) is 14.8 Å². The highest BCUT2D eigenvalue weighted by Gasteiger charge is 2.21. The molecule has 0 spiro atoms. The molecule has 0 atom stereocenters. The molecule has 0 aliphatic carbocycles. The van der Waals surface area contributed by atoms with Gasteiger partial charge < -0.3 is 0 Å². The van der Waals surface area contributed by atoms with Crippen molar-refractivity contribution in [2.75, 3.05) is 0 Å². The Kier molecular flexibility index (Phi) is 3.17. The van der Waals surface area contributed by atoms with Crippen molar-refractivity contribution in [3.63, 3.8) is 0 Å². The fourth-order valence-corrected chi connectivity index (χ4v) is 2.70. The molecule has 0 amide bonds. The maximum absolute atomic E-state index is 11.1. The van der Waals surface area contributed by atoms with Crippen LogP contribution in [-0.2, 0) is 6.54 Å². The summed E-state index contributed by atoms with van der Waals surface area (Å²) in [5.41, 5.74) is 2.26. The molecule has 0 unspecified atom stereocenters. The van der Waals surface area contributed by atoms with Gasteiger partial charge in [0.25, 0.3) is 0 Å². The molecule has 0 radical (unpaired) electrons. The van der Waals surface area contributed by atoms with Crippen LogP contribution in [0.2, 0.25) is 0 Å². The van der Waals surface area contributed by atoms with E-state index >= 15 is 0 Å². The van der Waals surface area contributed by atoms with Crippen molar-refractivity contribution in [3.8, 4) is 0 Å². The summed E-state index contributed by atoms with van der Waals surface area (Å²) in [5, 5.41) is 17.7. The van der Waals surface area contributed by atoms with Gasteiger partial charge in [0, 0.05) is 0 Å². The number of hydrogen-bond acceptors (Lipinski definition) is 3. The number of fused-ring (bicyclic) bond motifs is 1. The van der Waals surface area contributed by atoms with E-state index in [9.17, 15) is 10.1 Å². The van der Waals surface area contributed by atoms with Crippen LogP contribution < -0.4 is 0 Å². The third kappa shape index (κ3) is 2.27. The van der Waals surface area contributed by atoms with E-state index in [0.29, 0.717) is 17.9 Å². The van der Waals surface area contributed by atoms with E-state index in [4.69, 9.17) is 0 Å². The normalized spacial score (nSPS) is 11.0. The lowest BCUT2D eigenvalue weighted by atomic mass is 10.0. The summed E-state index contributed by atoms with van der Waals surface area (Å²) < 4.78 is 1.70. The Hall–Kier alpha value is -2.69. The second-order valence-electron chi connectivity index (χ2n) is 5.07. The van der Waals surface area contributed by atoms with Crippen molar-refractivity contribution in [3.05, 3.63) is 69.5 Å². The minimum Gasteiger partial charge on any atom is -0.258 e. The smallest absolute Gasteiger partial charge is 0.258 e. The van der Waals surface area contributed by atoms with E-state index in [0.717, 1.165) is 16.3 Å². The van der Waals surface area contributed by atoms with E-state index in [2.05, 4.69) is 23.3 Å². The maximum atomic E-state index is 11.1. The lowest BCUT2D eigenvalue weighted by molar-refractivity contribution is -0.386. The predicted molar refractivity (Wildman–Crippen MR) is 81.4 cm³/mol. The van der Waals surface area contributed by atoms with Gasteiger partial charge in [-0.1, -0.05) is 42.5 Å². The Morgan fingerprint density at radius 2 is 1.86 bits per heavy atom. The second kappa shape index (κ2) is 5.01. The molecular weight excluding hydrogens is 266 g/mol. The Morgan fingerprint density at radius 1 is 1.14 bits per heavy atom. The van der Waals surface area contributed by atoms with Crippen molar-refractivity contribution in [2.45, 2.75) is 20.4 Å². The molecule has 1 heterocycles. The van der Waals surface area contributed by atoms with E-state index in [1.807, 2.05) is 24.3 Å². The summed E-state index contributed by atoms with van der Waals surface area (Å²) in [7, 11) is 0. The van der Waals surface area contributed by atoms with Crippen LogP contribution in [-0.4, -0.2) is 14.7 Å². The van der Waals surface area contributed by atoms with Crippen molar-refractivity contribution in [1.29, 1.82) is 0 Å². The summed E-state index contributed by atoms with van der Waals surface area (Å²) in [6, 6.07) is 14.2. The summed E-state index contributed by atoms with van der Waals surface area (Å²) >= 11 is 0. The number of hydrogen-bond donors (Lipinski definition) is 0. The SMILES string of the molecule is Cc1nn(Cc2cccc3ccccc23)c(C)c1[N+](=O)[O-]. The molecule has 3 rings (SSSR count). The van der Waals surface area contributed by atoms with Gasteiger partial charge in [0.1, 0.15) is 11.4 Å². The topological polar surface area (TPSA) is 61.0 Å². The van der Waals surface area contributed by atoms with Gasteiger partial charge in [0.2, 0.25) is 0 Å². The third-order valence-electron chi connectivity index (χ3n) is 3.73. The first-order valence-electron chi connectivity index (χ1n) is 6.73. The summed E-state index contributed by atoms with van der Waals surface area (Å²) in [4.78, 5) is 10.7. The molecule has 106 valence electrons. The standard InChI is InChI=1S/C16H15N3O2/c1-11-16(19(20)21)12(2)18(17-11)10-14-8-5-7-13-6-3-4-9-15(13)14/h3-9H,10H2,1-2H3. The fourth-order valence-electron chi connectivity index (χ4n) is 2.70. The predicted octanol–water partition coefficient (Wildman–Crippen LogP) is 3.61. The molecule has 0 saturated carbocycles. The largest absolute Gasteiger partial charge is 0.312 e. The van der Waals surface area contributed by atoms with E-state index in [-0.39, 0.29) is 10.6 Å². The van der Waals surface area contributed by atoms with Crippen LogP contribution >= 0.6 is 0 Å². The molecule has 5 nitrogen and oxygen atoms in total. The molecule has 0 aliphatic rings. The minimum atomic E-state index is -0.364. The first-order chi connectivity index (χ1) is 10.1. The molecular formula is C16H15N3O2. The molecule has 0 N–H and O–H groups in total. The zero-order valence-electron chi connectivity index (χ0n) is 11.9. The molecule has 0 bridgehead atoms. The quantitative estimate of drug-likeness (QED) is 0.544. The average molecular weight is 281 g/mol. The zero-order chi connectivity index (χ0) is 15.0. The Morgan fingerprint density at radius 3 is 2.57 bits per heavy atom. The average Bonchev–Trinajstić information content (AvgIpc) is 2.74. The van der Waals surface area contributed by atoms with Gasteiger partial charge in [-0.2, -0.15) is 5.10 Å². The number of rotatable bonds is 3. The molecule has 0 aliphatic heterocycles. The van der Waals surface area contributed by atoms with Crippen LogP contribution in [0.1, 0.15) is 17.0 Å². The number of benzene rings is 2. The van der Waals surface area contributed by atoms with Gasteiger partial charge in [0.05, 0.1) is 11.5 Å². The van der Waals surface area contributed by atoms with E-state index in [1.54, 1.807) is 18.5 Å². The van der Waals surface area contributed by atoms with Gasteiger partial charge in [-0.25, -0.2) is 0 Å². The lowest BCUT2D eigenvalue weighted by Gasteiger charge is -2.08. The van der Waals surface area contributed by atoms with Gasteiger partial charge in [-0.15, -0.1) is 0 Å². The summed E-state index contributed by atoms with van der Waals surface area (Å²) in [6.45, 7) is 3.94. The minimum absolute atomic E-state index is 0.107. The molecule has 21 heavy (non-hydrogen) atoms. The summed E-state index contributed by atoms with van der Waals surface area (Å²) in [6.07, 6.45) is 0. The highest BCUT2D eigenvalue weighted by atomic mass is 16.6. The van der Waals surface area contributed by atoms with Crippen LogP contribution in [0, 0.1) is 24.0 Å². The number of nitro groups is 1. The lowest BCUT2D eigenvalue weighted by Crippen LogP contribution is -2.05. The first-order valence-corrected chi connectivity index (χ1v) is 6.73. The molecule has 0 fully saturated rings. The molecule has 1 aromatic heterocycles. The van der Waals surface area contributed by atoms with Crippen molar-refractivity contribution < 1.29 is 4.92 Å². The molecule has 3 aromatic rings. The number of nitrogens with zero attached hydrogens (tertiary/aromatic N) is 3. The van der Waals surface area contributed by atoms with Crippen LogP contribution in [0.3, 0.4) is 0 Å². The van der Waals surface area contributed by atoms with Crippen LogP contribution in [0.5, 0.6) is 0 Å². The third-order valence-corrected chi connectivity index (χ3v) is 3.73. The van der Waals surface area contributed by atoms with Gasteiger partial charge >= 0.3 is 5.69 Å². The van der Waals surface area contributed by atoms with Crippen molar-refractivity contribution in [1.82, 2.24) is 9.78 Å². The zero-order valence-corrected chi connectivity index (χ0v) is 11.9. The highest BCUT2D eigenvalue weighted by Crippen LogP contribution is 2.24. The highest BCUT2D eigenvalue weighted by molar-refractivity contribution is 5.85. The maximum Gasteiger partial charge on any atom is 0.312 e. The number of aryl methyl sites for hydroxylation is 1. The van der Waals surface area contributed by atoms with E-state index in [1.165, 1.54) is 0 Å². The van der Waals surface area contributed by atoms with Crippen molar-refractivity contribution >= 4 is 16.5 Å². The Balaban J connectivity index is 2.07. The van der Waals surface area contributed by atoms with Crippen LogP contribution in [0.4, 0.5) is 5.69 Å². The van der Waals surface area contributed by atoms with E-state index < -0.39 is 0 Å². The first kappa shape index (κ1) is 13.3. The van der Waals surface area contributed by atoms with Gasteiger partial charge in [-0.05, 0) is 30.2 Å². The van der Waals surface area contributed by atoms with Crippen LogP contribution in [0.15, 0.2) is 42.5 Å².